The number of pyridine rings is 1. The molecule has 9 nitrogen and oxygen atoms in total. The van der Waals surface area contributed by atoms with E-state index >= 15 is 0 Å². The first kappa shape index (κ1) is 17.2. The summed E-state index contributed by atoms with van der Waals surface area (Å²) in [6, 6.07) is 7.50. The summed E-state index contributed by atoms with van der Waals surface area (Å²) in [4.78, 5) is 42.0. The minimum absolute atomic E-state index is 0.145. The first-order chi connectivity index (χ1) is 12.4. The summed E-state index contributed by atoms with van der Waals surface area (Å²) in [6.07, 6.45) is 1.44. The molecule has 26 heavy (non-hydrogen) atoms. The average Bonchev–Trinajstić information content (AvgIpc) is 2.96. The quantitative estimate of drug-likeness (QED) is 0.676. The monoisotopic (exact) mass is 355 g/mol. The molecule has 0 radical (unpaired) electrons. The third-order valence-corrected chi connectivity index (χ3v) is 3.73. The Morgan fingerprint density at radius 3 is 2.81 bits per heavy atom. The lowest BCUT2D eigenvalue weighted by Gasteiger charge is -2.11. The van der Waals surface area contributed by atoms with Crippen LogP contribution in [0.4, 0.5) is 10.5 Å². The van der Waals surface area contributed by atoms with Crippen molar-refractivity contribution >= 4 is 28.7 Å². The van der Waals surface area contributed by atoms with E-state index in [2.05, 4.69) is 10.3 Å². The Morgan fingerprint density at radius 1 is 1.31 bits per heavy atom. The number of nitrogens with two attached hydrogens (primary N) is 1. The molecule has 0 bridgehead atoms. The highest BCUT2D eigenvalue weighted by atomic mass is 16.4. The van der Waals surface area contributed by atoms with E-state index in [0.29, 0.717) is 11.2 Å². The van der Waals surface area contributed by atoms with Crippen molar-refractivity contribution in [2.45, 2.75) is 6.54 Å². The molecule has 0 saturated heterocycles. The number of aromatic nitrogens is 2. The van der Waals surface area contributed by atoms with Gasteiger partial charge in [-0.05, 0) is 24.3 Å². The first-order valence-electron chi connectivity index (χ1n) is 7.73. The number of carbonyl (C=O) groups excluding carboxylic acids is 2. The molecule has 0 aliphatic carbocycles. The van der Waals surface area contributed by atoms with Crippen molar-refractivity contribution < 1.29 is 14.0 Å². The lowest BCUT2D eigenvalue weighted by Crippen LogP contribution is -2.34. The van der Waals surface area contributed by atoms with Crippen molar-refractivity contribution in [3.63, 3.8) is 0 Å². The minimum Gasteiger partial charge on any atom is -0.405 e. The zero-order valence-electron chi connectivity index (χ0n) is 14.2. The standard InChI is InChI=1S/C17H17N5O4/c1-21(2)16(24)20-9-11-8-10(6-7-19-11)15(23)22-13-5-3-4-12(18)14(13)26-17(22)25/h3-8H,9,18H2,1-2H3,(H,20,24). The van der Waals surface area contributed by atoms with Crippen molar-refractivity contribution in [2.75, 3.05) is 19.8 Å². The molecule has 0 spiro atoms. The fourth-order valence-corrected chi connectivity index (χ4v) is 2.41. The van der Waals surface area contributed by atoms with E-state index in [1.54, 1.807) is 32.3 Å². The lowest BCUT2D eigenvalue weighted by atomic mass is 10.2. The van der Waals surface area contributed by atoms with Gasteiger partial charge in [-0.2, -0.15) is 0 Å². The van der Waals surface area contributed by atoms with Gasteiger partial charge in [0.2, 0.25) is 0 Å². The number of anilines is 1. The number of fused-ring (bicyclic) bond motifs is 1. The highest BCUT2D eigenvalue weighted by molar-refractivity contribution is 6.02. The molecule has 0 aliphatic rings. The molecule has 9 heteroatoms. The highest BCUT2D eigenvalue weighted by Gasteiger charge is 2.19. The Morgan fingerprint density at radius 2 is 2.08 bits per heavy atom. The summed E-state index contributed by atoms with van der Waals surface area (Å²) < 4.78 is 6.01. The Hall–Kier alpha value is -3.62. The number of oxazole rings is 1. The third kappa shape index (κ3) is 3.14. The predicted octanol–water partition coefficient (Wildman–Crippen LogP) is 1.03. The second-order valence-corrected chi connectivity index (χ2v) is 5.79. The molecule has 2 aromatic heterocycles. The molecule has 0 atom stereocenters. The van der Waals surface area contributed by atoms with Crippen LogP contribution in [0.5, 0.6) is 0 Å². The van der Waals surface area contributed by atoms with Gasteiger partial charge in [-0.15, -0.1) is 0 Å². The van der Waals surface area contributed by atoms with Gasteiger partial charge in [0.05, 0.1) is 17.9 Å². The first-order valence-corrected chi connectivity index (χ1v) is 7.73. The zero-order chi connectivity index (χ0) is 18.8. The van der Waals surface area contributed by atoms with Gasteiger partial charge in [-0.1, -0.05) is 6.07 Å². The number of nitrogen functional groups attached to an aromatic ring is 1. The van der Waals surface area contributed by atoms with Crippen LogP contribution in [0.1, 0.15) is 16.1 Å². The number of carbonyl (C=O) groups is 2. The molecule has 3 N–H and O–H groups in total. The number of benzene rings is 1. The summed E-state index contributed by atoms with van der Waals surface area (Å²) in [5, 5.41) is 2.66. The molecule has 0 unspecified atom stereocenters. The van der Waals surface area contributed by atoms with E-state index in [9.17, 15) is 14.4 Å². The summed E-state index contributed by atoms with van der Waals surface area (Å²) in [6.45, 7) is 0.145. The normalized spacial score (nSPS) is 10.7. The molecule has 3 aromatic rings. The number of para-hydroxylation sites is 1. The smallest absolute Gasteiger partial charge is 0.405 e. The Bertz CT molecular complexity index is 1050. The van der Waals surface area contributed by atoms with Crippen LogP contribution in [-0.4, -0.2) is 40.5 Å². The van der Waals surface area contributed by atoms with E-state index in [4.69, 9.17) is 10.2 Å². The highest BCUT2D eigenvalue weighted by Crippen LogP contribution is 2.20. The Kier molecular flexibility index (Phi) is 4.44. The molecule has 134 valence electrons. The van der Waals surface area contributed by atoms with Crippen LogP contribution >= 0.6 is 0 Å². The van der Waals surface area contributed by atoms with Crippen LogP contribution in [0.15, 0.2) is 45.7 Å². The third-order valence-electron chi connectivity index (χ3n) is 3.73. The molecule has 0 saturated carbocycles. The summed E-state index contributed by atoms with van der Waals surface area (Å²) in [5.41, 5.74) is 7.23. The van der Waals surface area contributed by atoms with Crippen molar-refractivity contribution in [3.8, 4) is 0 Å². The SMILES string of the molecule is CN(C)C(=O)NCc1cc(C(=O)n2c(=O)oc3c(N)cccc32)ccn1. The van der Waals surface area contributed by atoms with Crippen LogP contribution in [0, 0.1) is 0 Å². The average molecular weight is 355 g/mol. The molecular formula is C17H17N5O4. The topological polar surface area (TPSA) is 123 Å². The van der Waals surface area contributed by atoms with Crippen LogP contribution in [0.3, 0.4) is 0 Å². The lowest BCUT2D eigenvalue weighted by molar-refractivity contribution is 0.0956. The summed E-state index contributed by atoms with van der Waals surface area (Å²) >= 11 is 0. The number of hydrogen-bond donors (Lipinski definition) is 2. The molecule has 3 rings (SSSR count). The van der Waals surface area contributed by atoms with Gasteiger partial charge < -0.3 is 20.4 Å². The molecule has 2 heterocycles. The fourth-order valence-electron chi connectivity index (χ4n) is 2.41. The van der Waals surface area contributed by atoms with Gasteiger partial charge in [0.15, 0.2) is 5.58 Å². The largest absolute Gasteiger partial charge is 0.427 e. The number of nitrogens with one attached hydrogen (secondary N) is 1. The van der Waals surface area contributed by atoms with Crippen LogP contribution < -0.4 is 16.8 Å². The number of hydrogen-bond acceptors (Lipinski definition) is 6. The van der Waals surface area contributed by atoms with E-state index in [1.807, 2.05) is 0 Å². The number of amides is 2. The number of urea groups is 1. The zero-order valence-corrected chi connectivity index (χ0v) is 14.2. The Balaban J connectivity index is 1.93. The molecule has 2 amide bonds. The van der Waals surface area contributed by atoms with E-state index in [0.717, 1.165) is 4.57 Å². The summed E-state index contributed by atoms with van der Waals surface area (Å²) in [5.74, 6) is -1.39. The molecule has 1 aromatic carbocycles. The van der Waals surface area contributed by atoms with Crippen molar-refractivity contribution in [3.05, 3.63) is 58.3 Å². The van der Waals surface area contributed by atoms with Gasteiger partial charge in [0.1, 0.15) is 5.52 Å². The van der Waals surface area contributed by atoms with Gasteiger partial charge in [0.25, 0.3) is 5.91 Å². The van der Waals surface area contributed by atoms with Gasteiger partial charge in [0, 0.05) is 25.9 Å². The predicted molar refractivity (Wildman–Crippen MR) is 94.8 cm³/mol. The Labute approximate surface area is 148 Å². The summed E-state index contributed by atoms with van der Waals surface area (Å²) in [7, 11) is 3.23. The van der Waals surface area contributed by atoms with Crippen LogP contribution in [0.25, 0.3) is 11.1 Å². The molecule has 0 fully saturated rings. The van der Waals surface area contributed by atoms with Crippen molar-refractivity contribution in [1.29, 1.82) is 0 Å². The molecular weight excluding hydrogens is 338 g/mol. The second-order valence-electron chi connectivity index (χ2n) is 5.79. The van der Waals surface area contributed by atoms with Crippen LogP contribution in [-0.2, 0) is 6.54 Å². The molecule has 0 aliphatic heterocycles. The van der Waals surface area contributed by atoms with E-state index in [-0.39, 0.29) is 29.4 Å². The number of nitrogens with zero attached hydrogens (tertiary/aromatic N) is 3. The number of rotatable bonds is 3. The van der Waals surface area contributed by atoms with E-state index < -0.39 is 11.7 Å². The van der Waals surface area contributed by atoms with Gasteiger partial charge >= 0.3 is 11.8 Å². The van der Waals surface area contributed by atoms with Crippen molar-refractivity contribution in [1.82, 2.24) is 19.8 Å². The van der Waals surface area contributed by atoms with Gasteiger partial charge in [-0.3, -0.25) is 9.78 Å². The maximum Gasteiger partial charge on any atom is 0.427 e. The maximum atomic E-state index is 12.8. The van der Waals surface area contributed by atoms with Crippen molar-refractivity contribution in [2.24, 2.45) is 0 Å². The second kappa shape index (κ2) is 6.71. The van der Waals surface area contributed by atoms with E-state index in [1.165, 1.54) is 23.2 Å². The van der Waals surface area contributed by atoms with Gasteiger partial charge in [-0.25, -0.2) is 14.2 Å². The van der Waals surface area contributed by atoms with Crippen LogP contribution in [0.2, 0.25) is 0 Å². The minimum atomic E-state index is -0.817. The fraction of sp³-hybridized carbons (Fsp3) is 0.176. The maximum absolute atomic E-state index is 12.8.